The SMILES string of the molecule is O=C(NCCCC1CCS(=O)(=O)C1)c1cc2ccccc2oc1=O. The summed E-state index contributed by atoms with van der Waals surface area (Å²) in [5, 5.41) is 3.39. The van der Waals surface area contributed by atoms with E-state index in [1.165, 1.54) is 6.07 Å². The molecule has 0 saturated carbocycles. The van der Waals surface area contributed by atoms with E-state index in [9.17, 15) is 18.0 Å². The molecule has 0 spiro atoms. The summed E-state index contributed by atoms with van der Waals surface area (Å²) in [5.74, 6) is 0.225. The summed E-state index contributed by atoms with van der Waals surface area (Å²) in [6, 6.07) is 8.54. The monoisotopic (exact) mass is 349 g/mol. The Morgan fingerprint density at radius 1 is 1.29 bits per heavy atom. The maximum atomic E-state index is 12.1. The van der Waals surface area contributed by atoms with Crippen molar-refractivity contribution in [3.63, 3.8) is 0 Å². The van der Waals surface area contributed by atoms with Crippen molar-refractivity contribution >= 4 is 26.7 Å². The predicted octanol–water partition coefficient (Wildman–Crippen LogP) is 1.74. The van der Waals surface area contributed by atoms with Crippen LogP contribution in [0.15, 0.2) is 39.5 Å². The third kappa shape index (κ3) is 3.84. The van der Waals surface area contributed by atoms with Gasteiger partial charge in [0, 0.05) is 11.9 Å². The molecule has 1 aromatic heterocycles. The summed E-state index contributed by atoms with van der Waals surface area (Å²) in [5.41, 5.74) is -0.230. The first-order chi connectivity index (χ1) is 11.4. The maximum absolute atomic E-state index is 12.1. The minimum atomic E-state index is -2.86. The van der Waals surface area contributed by atoms with Gasteiger partial charge in [-0.1, -0.05) is 18.2 Å². The van der Waals surface area contributed by atoms with Crippen LogP contribution in [0.25, 0.3) is 11.0 Å². The Bertz CT molecular complexity index is 916. The Hall–Kier alpha value is -2.15. The molecule has 0 aliphatic carbocycles. The van der Waals surface area contributed by atoms with Crippen LogP contribution in [-0.4, -0.2) is 32.4 Å². The fourth-order valence-corrected chi connectivity index (χ4v) is 4.92. The van der Waals surface area contributed by atoms with E-state index >= 15 is 0 Å². The van der Waals surface area contributed by atoms with Gasteiger partial charge in [0.2, 0.25) is 0 Å². The van der Waals surface area contributed by atoms with Gasteiger partial charge < -0.3 is 9.73 Å². The topological polar surface area (TPSA) is 93.4 Å². The van der Waals surface area contributed by atoms with Crippen molar-refractivity contribution in [1.82, 2.24) is 5.32 Å². The second-order valence-corrected chi connectivity index (χ2v) is 8.38. The van der Waals surface area contributed by atoms with E-state index in [-0.39, 0.29) is 23.0 Å². The molecule has 7 heteroatoms. The number of para-hydroxylation sites is 1. The van der Waals surface area contributed by atoms with Gasteiger partial charge in [-0.25, -0.2) is 13.2 Å². The lowest BCUT2D eigenvalue weighted by molar-refractivity contribution is 0.0949. The van der Waals surface area contributed by atoms with E-state index in [0.717, 1.165) is 6.42 Å². The Kier molecular flexibility index (Phi) is 4.71. The summed E-state index contributed by atoms with van der Waals surface area (Å²) in [7, 11) is -2.86. The first kappa shape index (κ1) is 16.7. The molecule has 128 valence electrons. The minimum absolute atomic E-state index is 0.0165. The zero-order valence-electron chi connectivity index (χ0n) is 13.2. The van der Waals surface area contributed by atoms with Crippen LogP contribution < -0.4 is 10.9 Å². The molecule has 1 unspecified atom stereocenters. The van der Waals surface area contributed by atoms with Crippen LogP contribution in [0.2, 0.25) is 0 Å². The molecule has 6 nitrogen and oxygen atoms in total. The summed E-state index contributed by atoms with van der Waals surface area (Å²) in [6.45, 7) is 0.404. The lowest BCUT2D eigenvalue weighted by Crippen LogP contribution is -2.29. The minimum Gasteiger partial charge on any atom is -0.422 e. The molecule has 2 heterocycles. The van der Waals surface area contributed by atoms with E-state index in [0.29, 0.717) is 30.4 Å². The van der Waals surface area contributed by atoms with Gasteiger partial charge >= 0.3 is 5.63 Å². The van der Waals surface area contributed by atoms with Gasteiger partial charge in [-0.3, -0.25) is 4.79 Å². The molecule has 1 amide bonds. The average molecular weight is 349 g/mol. The van der Waals surface area contributed by atoms with Gasteiger partial charge in [0.05, 0.1) is 11.5 Å². The van der Waals surface area contributed by atoms with Crippen LogP contribution in [0.1, 0.15) is 29.6 Å². The zero-order chi connectivity index (χ0) is 17.2. The molecule has 1 aliphatic rings. The van der Waals surface area contributed by atoms with E-state index in [2.05, 4.69) is 5.32 Å². The molecule has 1 atom stereocenters. The molecule has 1 aliphatic heterocycles. The lowest BCUT2D eigenvalue weighted by atomic mass is 10.0. The summed E-state index contributed by atoms with van der Waals surface area (Å²) < 4.78 is 27.9. The molecule has 0 bridgehead atoms. The Morgan fingerprint density at radius 3 is 2.83 bits per heavy atom. The van der Waals surface area contributed by atoms with Gasteiger partial charge in [-0.15, -0.1) is 0 Å². The van der Waals surface area contributed by atoms with Gasteiger partial charge in [-0.2, -0.15) is 0 Å². The number of fused-ring (bicyclic) bond motifs is 1. The van der Waals surface area contributed by atoms with Crippen molar-refractivity contribution < 1.29 is 17.6 Å². The van der Waals surface area contributed by atoms with Gasteiger partial charge in [0.25, 0.3) is 5.91 Å². The van der Waals surface area contributed by atoms with Crippen LogP contribution in [0.3, 0.4) is 0 Å². The Morgan fingerprint density at radius 2 is 2.08 bits per heavy atom. The van der Waals surface area contributed by atoms with Crippen molar-refractivity contribution in [2.45, 2.75) is 19.3 Å². The normalized spacial score (nSPS) is 19.4. The van der Waals surface area contributed by atoms with Crippen LogP contribution in [0.4, 0.5) is 0 Å². The number of nitrogens with one attached hydrogen (secondary N) is 1. The second kappa shape index (κ2) is 6.76. The number of amides is 1. The van der Waals surface area contributed by atoms with Gasteiger partial charge in [0.1, 0.15) is 11.1 Å². The van der Waals surface area contributed by atoms with E-state index in [1.54, 1.807) is 24.3 Å². The number of rotatable bonds is 5. The number of hydrogen-bond acceptors (Lipinski definition) is 5. The quantitative estimate of drug-likeness (QED) is 0.655. The summed E-state index contributed by atoms with van der Waals surface area (Å²) in [6.07, 6.45) is 2.14. The van der Waals surface area contributed by atoms with Crippen LogP contribution in [0.5, 0.6) is 0 Å². The highest BCUT2D eigenvalue weighted by Gasteiger charge is 2.27. The Balaban J connectivity index is 1.56. The first-order valence-electron chi connectivity index (χ1n) is 7.96. The van der Waals surface area contributed by atoms with Gasteiger partial charge in [0.15, 0.2) is 9.84 Å². The fourth-order valence-electron chi connectivity index (χ4n) is 3.01. The molecule has 0 radical (unpaired) electrons. The van der Waals surface area contributed by atoms with Crippen molar-refractivity contribution in [1.29, 1.82) is 0 Å². The largest absolute Gasteiger partial charge is 0.422 e. The predicted molar refractivity (Wildman–Crippen MR) is 90.8 cm³/mol. The smallest absolute Gasteiger partial charge is 0.349 e. The van der Waals surface area contributed by atoms with Crippen molar-refractivity contribution in [3.8, 4) is 0 Å². The molecule has 2 aromatic rings. The van der Waals surface area contributed by atoms with E-state index in [4.69, 9.17) is 4.42 Å². The maximum Gasteiger partial charge on any atom is 0.349 e. The third-order valence-corrected chi connectivity index (χ3v) is 6.12. The second-order valence-electron chi connectivity index (χ2n) is 6.15. The summed E-state index contributed by atoms with van der Waals surface area (Å²) in [4.78, 5) is 24.0. The molecular formula is C17H19NO5S. The number of sulfone groups is 1. The molecule has 1 aromatic carbocycles. The molecule has 1 saturated heterocycles. The number of benzene rings is 1. The standard InChI is InChI=1S/C17H19NO5S/c19-16(18-8-3-4-12-7-9-24(21,22)11-12)14-10-13-5-1-2-6-15(13)23-17(14)20/h1-2,5-6,10,12H,3-4,7-9,11H2,(H,18,19). The Labute approximate surface area is 139 Å². The van der Waals surface area contributed by atoms with E-state index in [1.807, 2.05) is 0 Å². The van der Waals surface area contributed by atoms with Crippen molar-refractivity contribution in [3.05, 3.63) is 46.3 Å². The zero-order valence-corrected chi connectivity index (χ0v) is 14.0. The first-order valence-corrected chi connectivity index (χ1v) is 9.78. The average Bonchev–Trinajstić information content (AvgIpc) is 2.89. The van der Waals surface area contributed by atoms with Crippen LogP contribution >= 0.6 is 0 Å². The fraction of sp³-hybridized carbons (Fsp3) is 0.412. The number of carbonyl (C=O) groups is 1. The van der Waals surface area contributed by atoms with Gasteiger partial charge in [-0.05, 0) is 37.3 Å². The molecular weight excluding hydrogens is 330 g/mol. The van der Waals surface area contributed by atoms with E-state index < -0.39 is 21.4 Å². The number of carbonyl (C=O) groups excluding carboxylic acids is 1. The number of hydrogen-bond donors (Lipinski definition) is 1. The highest BCUT2D eigenvalue weighted by atomic mass is 32.2. The van der Waals surface area contributed by atoms with Crippen molar-refractivity contribution in [2.24, 2.45) is 5.92 Å². The van der Waals surface area contributed by atoms with Crippen LogP contribution in [-0.2, 0) is 9.84 Å². The molecule has 24 heavy (non-hydrogen) atoms. The summed E-state index contributed by atoms with van der Waals surface area (Å²) >= 11 is 0. The highest BCUT2D eigenvalue weighted by molar-refractivity contribution is 7.91. The van der Waals surface area contributed by atoms with Crippen molar-refractivity contribution in [2.75, 3.05) is 18.1 Å². The lowest BCUT2D eigenvalue weighted by Gasteiger charge is -2.08. The van der Waals surface area contributed by atoms with Crippen LogP contribution in [0, 0.1) is 5.92 Å². The molecule has 1 fully saturated rings. The highest BCUT2D eigenvalue weighted by Crippen LogP contribution is 2.22. The molecule has 3 rings (SSSR count). The molecule has 1 N–H and O–H groups in total. The third-order valence-electron chi connectivity index (χ3n) is 4.29.